The Morgan fingerprint density at radius 2 is 2.29 bits per heavy atom. The fraction of sp³-hybridized carbons (Fsp3) is 0.182. The summed E-state index contributed by atoms with van der Waals surface area (Å²) in [6.07, 6.45) is 4.21. The van der Waals surface area contributed by atoms with Crippen LogP contribution in [-0.4, -0.2) is 5.78 Å². The molecular weight excluding hydrogens is 196 g/mol. The largest absolute Gasteiger partial charge is 0.472 e. The molecule has 0 fully saturated rings. The second-order valence-electron chi connectivity index (χ2n) is 3.10. The maximum absolute atomic E-state index is 11.5. The maximum atomic E-state index is 11.5. The van der Waals surface area contributed by atoms with Crippen molar-refractivity contribution in [3.8, 4) is 0 Å². The molecule has 0 aromatic carbocycles. The molecule has 0 N–H and O–H groups in total. The summed E-state index contributed by atoms with van der Waals surface area (Å²) in [7, 11) is 0. The van der Waals surface area contributed by atoms with Gasteiger partial charge in [-0.1, -0.05) is 6.07 Å². The highest BCUT2D eigenvalue weighted by molar-refractivity contribution is 7.10. The Hall–Kier alpha value is -1.35. The van der Waals surface area contributed by atoms with E-state index in [1.165, 1.54) is 0 Å². The van der Waals surface area contributed by atoms with Gasteiger partial charge in [0.25, 0.3) is 0 Å². The quantitative estimate of drug-likeness (QED) is 0.770. The van der Waals surface area contributed by atoms with Crippen LogP contribution in [0, 0.1) is 0 Å². The summed E-state index contributed by atoms with van der Waals surface area (Å²) >= 11 is 1.62. The first kappa shape index (κ1) is 9.21. The molecule has 2 rings (SSSR count). The van der Waals surface area contributed by atoms with Gasteiger partial charge < -0.3 is 4.42 Å². The third-order valence-corrected chi connectivity index (χ3v) is 2.81. The molecule has 0 unspecified atom stereocenters. The molecule has 0 aliphatic rings. The highest BCUT2D eigenvalue weighted by atomic mass is 32.1. The van der Waals surface area contributed by atoms with Crippen molar-refractivity contribution in [2.45, 2.75) is 12.8 Å². The third kappa shape index (κ3) is 2.33. The molecule has 0 atom stereocenters. The Kier molecular flexibility index (Phi) is 2.79. The standard InChI is InChI=1S/C11H10O2S/c12-10(6-9-3-4-13-8-9)7-11-2-1-5-14-11/h1-5,8H,6-7H2. The molecular formula is C11H10O2S. The summed E-state index contributed by atoms with van der Waals surface area (Å²) in [5.41, 5.74) is 0.951. The number of carbonyl (C=O) groups is 1. The van der Waals surface area contributed by atoms with E-state index in [0.717, 1.165) is 10.4 Å². The van der Waals surface area contributed by atoms with E-state index in [0.29, 0.717) is 12.8 Å². The van der Waals surface area contributed by atoms with Crippen LogP contribution >= 0.6 is 11.3 Å². The van der Waals surface area contributed by atoms with Gasteiger partial charge in [0.05, 0.1) is 12.5 Å². The van der Waals surface area contributed by atoms with Crippen LogP contribution in [0.2, 0.25) is 0 Å². The smallest absolute Gasteiger partial charge is 0.142 e. The van der Waals surface area contributed by atoms with Gasteiger partial charge in [0, 0.05) is 17.7 Å². The van der Waals surface area contributed by atoms with E-state index in [-0.39, 0.29) is 5.78 Å². The molecule has 2 aromatic rings. The van der Waals surface area contributed by atoms with Crippen molar-refractivity contribution in [2.24, 2.45) is 0 Å². The molecule has 2 heterocycles. The lowest BCUT2D eigenvalue weighted by Crippen LogP contribution is -2.04. The van der Waals surface area contributed by atoms with E-state index in [1.807, 2.05) is 23.6 Å². The number of carbonyl (C=O) groups excluding carboxylic acids is 1. The number of hydrogen-bond acceptors (Lipinski definition) is 3. The lowest BCUT2D eigenvalue weighted by atomic mass is 10.1. The van der Waals surface area contributed by atoms with Gasteiger partial charge in [-0.25, -0.2) is 0 Å². The van der Waals surface area contributed by atoms with Gasteiger partial charge in [-0.2, -0.15) is 0 Å². The zero-order valence-corrected chi connectivity index (χ0v) is 8.42. The SMILES string of the molecule is O=C(Cc1ccoc1)Cc1cccs1. The molecule has 0 aliphatic carbocycles. The number of hydrogen-bond donors (Lipinski definition) is 0. The summed E-state index contributed by atoms with van der Waals surface area (Å²) in [6.45, 7) is 0. The van der Waals surface area contributed by atoms with E-state index < -0.39 is 0 Å². The van der Waals surface area contributed by atoms with Crippen LogP contribution in [0.4, 0.5) is 0 Å². The summed E-state index contributed by atoms with van der Waals surface area (Å²) in [6, 6.07) is 5.77. The van der Waals surface area contributed by atoms with Crippen LogP contribution in [0.1, 0.15) is 10.4 Å². The minimum absolute atomic E-state index is 0.230. The fourth-order valence-corrected chi connectivity index (χ4v) is 2.02. The summed E-state index contributed by atoms with van der Waals surface area (Å²) in [4.78, 5) is 12.7. The second kappa shape index (κ2) is 4.24. The van der Waals surface area contributed by atoms with E-state index in [1.54, 1.807) is 23.9 Å². The predicted octanol–water partition coefficient (Wildman–Crippen LogP) is 2.70. The monoisotopic (exact) mass is 206 g/mol. The lowest BCUT2D eigenvalue weighted by molar-refractivity contribution is -0.117. The Morgan fingerprint density at radius 3 is 2.93 bits per heavy atom. The maximum Gasteiger partial charge on any atom is 0.142 e. The Balaban J connectivity index is 1.91. The topological polar surface area (TPSA) is 30.2 Å². The van der Waals surface area contributed by atoms with E-state index in [9.17, 15) is 4.79 Å². The first-order chi connectivity index (χ1) is 6.84. The molecule has 0 amide bonds. The first-order valence-corrected chi connectivity index (χ1v) is 5.28. The third-order valence-electron chi connectivity index (χ3n) is 1.93. The van der Waals surface area contributed by atoms with Crippen LogP contribution in [0.5, 0.6) is 0 Å². The zero-order chi connectivity index (χ0) is 9.80. The molecule has 0 aliphatic heterocycles. The molecule has 0 saturated carbocycles. The van der Waals surface area contributed by atoms with Crippen LogP contribution in [-0.2, 0) is 17.6 Å². The van der Waals surface area contributed by atoms with Gasteiger partial charge in [0.15, 0.2) is 0 Å². The Labute approximate surface area is 86.2 Å². The second-order valence-corrected chi connectivity index (χ2v) is 4.14. The van der Waals surface area contributed by atoms with Gasteiger partial charge in [-0.3, -0.25) is 4.79 Å². The van der Waals surface area contributed by atoms with Gasteiger partial charge in [-0.15, -0.1) is 11.3 Å². The Bertz CT molecular complexity index is 349. The van der Waals surface area contributed by atoms with Crippen LogP contribution in [0.25, 0.3) is 0 Å². The summed E-state index contributed by atoms with van der Waals surface area (Å²) in [5.74, 6) is 0.230. The van der Waals surface area contributed by atoms with Crippen molar-refractivity contribution in [1.82, 2.24) is 0 Å². The first-order valence-electron chi connectivity index (χ1n) is 4.40. The minimum atomic E-state index is 0.230. The van der Waals surface area contributed by atoms with Crippen molar-refractivity contribution < 1.29 is 9.21 Å². The molecule has 0 bridgehead atoms. The number of thiophene rings is 1. The predicted molar refractivity (Wildman–Crippen MR) is 55.4 cm³/mol. The zero-order valence-electron chi connectivity index (χ0n) is 7.60. The van der Waals surface area contributed by atoms with E-state index in [4.69, 9.17) is 4.42 Å². The van der Waals surface area contributed by atoms with Gasteiger partial charge in [0.1, 0.15) is 5.78 Å². The van der Waals surface area contributed by atoms with Gasteiger partial charge in [-0.05, 0) is 23.1 Å². The normalized spacial score (nSPS) is 10.3. The highest BCUT2D eigenvalue weighted by Crippen LogP contribution is 2.11. The molecule has 14 heavy (non-hydrogen) atoms. The number of Topliss-reactive ketones (excluding diaryl/α,β-unsaturated/α-hetero) is 1. The molecule has 2 aromatic heterocycles. The van der Waals surface area contributed by atoms with Gasteiger partial charge >= 0.3 is 0 Å². The summed E-state index contributed by atoms with van der Waals surface area (Å²) < 4.78 is 4.90. The number of ketones is 1. The van der Waals surface area contributed by atoms with E-state index in [2.05, 4.69) is 0 Å². The van der Waals surface area contributed by atoms with Crippen molar-refractivity contribution in [1.29, 1.82) is 0 Å². The number of furan rings is 1. The van der Waals surface area contributed by atoms with Crippen LogP contribution in [0.3, 0.4) is 0 Å². The lowest BCUT2D eigenvalue weighted by Gasteiger charge is -1.95. The molecule has 72 valence electrons. The van der Waals surface area contributed by atoms with Crippen LogP contribution < -0.4 is 0 Å². The molecule has 2 nitrogen and oxygen atoms in total. The number of rotatable bonds is 4. The van der Waals surface area contributed by atoms with Crippen molar-refractivity contribution in [2.75, 3.05) is 0 Å². The average Bonchev–Trinajstić information content (AvgIpc) is 2.76. The van der Waals surface area contributed by atoms with Crippen LogP contribution in [0.15, 0.2) is 40.5 Å². The fourth-order valence-electron chi connectivity index (χ4n) is 1.29. The minimum Gasteiger partial charge on any atom is -0.472 e. The molecule has 0 radical (unpaired) electrons. The molecule has 3 heteroatoms. The van der Waals surface area contributed by atoms with E-state index >= 15 is 0 Å². The molecule has 0 saturated heterocycles. The highest BCUT2D eigenvalue weighted by Gasteiger charge is 2.06. The van der Waals surface area contributed by atoms with Gasteiger partial charge in [0.2, 0.25) is 0 Å². The van der Waals surface area contributed by atoms with Crippen molar-refractivity contribution >= 4 is 17.1 Å². The Morgan fingerprint density at radius 1 is 1.36 bits per heavy atom. The van der Waals surface area contributed by atoms with Crippen molar-refractivity contribution in [3.63, 3.8) is 0 Å². The van der Waals surface area contributed by atoms with Crippen molar-refractivity contribution in [3.05, 3.63) is 46.5 Å². The average molecular weight is 206 g/mol. The summed E-state index contributed by atoms with van der Waals surface area (Å²) in [5, 5.41) is 1.99. The molecule has 0 spiro atoms.